The van der Waals surface area contributed by atoms with Crippen LogP contribution >= 0.6 is 23.2 Å². The van der Waals surface area contributed by atoms with Crippen LogP contribution < -0.4 is 14.4 Å². The van der Waals surface area contributed by atoms with Gasteiger partial charge in [0, 0.05) is 30.4 Å². The second-order valence-electron chi connectivity index (χ2n) is 12.1. The first-order valence-electron chi connectivity index (χ1n) is 16.0. The highest BCUT2D eigenvalue weighted by molar-refractivity contribution is 6.36. The van der Waals surface area contributed by atoms with Crippen molar-refractivity contribution in [2.75, 3.05) is 45.4 Å². The Morgan fingerprint density at radius 1 is 0.959 bits per heavy atom. The summed E-state index contributed by atoms with van der Waals surface area (Å²) in [6.07, 6.45) is 3.99. The number of hydrogen-bond donors (Lipinski definition) is 0. The van der Waals surface area contributed by atoms with Gasteiger partial charge in [0.15, 0.2) is 11.5 Å². The van der Waals surface area contributed by atoms with Gasteiger partial charge in [-0.2, -0.15) is 0 Å². The second-order valence-corrected chi connectivity index (χ2v) is 12.9. The molecule has 3 aliphatic rings. The summed E-state index contributed by atoms with van der Waals surface area (Å²) in [6, 6.07) is 18.1. The molecule has 1 aromatic heterocycles. The Labute approximate surface area is 294 Å². The fourth-order valence-electron chi connectivity index (χ4n) is 6.55. The maximum absolute atomic E-state index is 15.1. The average Bonchev–Trinajstić information content (AvgIpc) is 3.12. The maximum atomic E-state index is 15.1. The van der Waals surface area contributed by atoms with Gasteiger partial charge < -0.3 is 18.9 Å². The number of rotatable bonds is 11. The molecule has 12 heteroatoms. The van der Waals surface area contributed by atoms with Crippen molar-refractivity contribution in [3.05, 3.63) is 117 Å². The van der Waals surface area contributed by atoms with Crippen LogP contribution in [0.5, 0.6) is 11.5 Å². The molecule has 0 spiro atoms. The monoisotopic (exact) mass is 707 g/mol. The summed E-state index contributed by atoms with van der Waals surface area (Å²) >= 11 is 13.1. The summed E-state index contributed by atoms with van der Waals surface area (Å²) in [5.74, 6) is -0.444. The number of nitrogens with zero attached hydrogens (tertiary/aromatic N) is 3. The molecule has 49 heavy (non-hydrogen) atoms. The molecule has 2 atom stereocenters. The van der Waals surface area contributed by atoms with E-state index in [1.807, 2.05) is 6.07 Å². The molecule has 3 fully saturated rings. The number of ether oxygens (including phenoxy) is 4. The van der Waals surface area contributed by atoms with Gasteiger partial charge in [-0.15, -0.1) is 0 Å². The molecule has 9 nitrogen and oxygen atoms in total. The van der Waals surface area contributed by atoms with Gasteiger partial charge in [-0.3, -0.25) is 14.8 Å². The fourth-order valence-corrected chi connectivity index (χ4v) is 7.18. The first-order chi connectivity index (χ1) is 23.7. The smallest absolute Gasteiger partial charge is 0.415 e. The first-order valence-corrected chi connectivity index (χ1v) is 16.7. The number of para-hydroxylation sites is 1. The minimum atomic E-state index is -0.638. The number of hydrogen-bond acceptors (Lipinski definition) is 8. The number of carbonyl (C=O) groups is 2. The van der Waals surface area contributed by atoms with Gasteiger partial charge in [-0.05, 0) is 79.4 Å². The van der Waals surface area contributed by atoms with Gasteiger partial charge in [0.05, 0.1) is 42.1 Å². The van der Waals surface area contributed by atoms with Crippen LogP contribution in [0.25, 0.3) is 0 Å². The summed E-state index contributed by atoms with van der Waals surface area (Å²) in [6.45, 7) is 2.52. The quantitative estimate of drug-likeness (QED) is 0.146. The summed E-state index contributed by atoms with van der Waals surface area (Å²) in [4.78, 5) is 34.8. The van der Waals surface area contributed by atoms with E-state index in [9.17, 15) is 9.59 Å². The molecule has 4 heterocycles. The highest BCUT2D eigenvalue weighted by Crippen LogP contribution is 2.39. The summed E-state index contributed by atoms with van der Waals surface area (Å²) in [5.41, 5.74) is 2.17. The molecule has 7 rings (SSSR count). The topological polar surface area (TPSA) is 90.4 Å². The third-order valence-electron chi connectivity index (χ3n) is 9.15. The van der Waals surface area contributed by atoms with Crippen LogP contribution in [0.4, 0.5) is 14.9 Å². The molecule has 3 aromatic carbocycles. The third kappa shape index (κ3) is 7.77. The third-order valence-corrected chi connectivity index (χ3v) is 9.75. The zero-order valence-corrected chi connectivity index (χ0v) is 28.6. The van der Waals surface area contributed by atoms with Gasteiger partial charge in [-0.25, -0.2) is 14.0 Å². The van der Waals surface area contributed by atoms with Gasteiger partial charge in [-0.1, -0.05) is 53.5 Å². The van der Waals surface area contributed by atoms with Crippen LogP contribution in [0.3, 0.4) is 0 Å². The van der Waals surface area contributed by atoms with Crippen LogP contribution in [-0.4, -0.2) is 68.5 Å². The number of amides is 1. The van der Waals surface area contributed by atoms with E-state index in [2.05, 4.69) is 9.88 Å². The van der Waals surface area contributed by atoms with Crippen molar-refractivity contribution in [3.63, 3.8) is 0 Å². The average molecular weight is 709 g/mol. The van der Waals surface area contributed by atoms with Gasteiger partial charge in [0.2, 0.25) is 0 Å². The molecule has 3 aliphatic heterocycles. The lowest BCUT2D eigenvalue weighted by atomic mass is 9.86. The summed E-state index contributed by atoms with van der Waals surface area (Å²) < 4.78 is 37.8. The number of halogens is 3. The predicted octanol–water partition coefficient (Wildman–Crippen LogP) is 7.77. The first kappa shape index (κ1) is 34.5. The lowest BCUT2D eigenvalue weighted by Gasteiger charge is -2.44. The second kappa shape index (κ2) is 15.4. The molecule has 1 amide bonds. The Morgan fingerprint density at radius 3 is 2.37 bits per heavy atom. The Morgan fingerprint density at radius 2 is 1.69 bits per heavy atom. The molecular weight excluding hydrogens is 672 g/mol. The molecule has 256 valence electrons. The summed E-state index contributed by atoms with van der Waals surface area (Å²) in [5, 5.41) is 0.618. The van der Waals surface area contributed by atoms with E-state index >= 15 is 4.39 Å². The van der Waals surface area contributed by atoms with E-state index in [1.54, 1.807) is 55.6 Å². The number of aromatic nitrogens is 1. The highest BCUT2D eigenvalue weighted by Gasteiger charge is 2.38. The highest BCUT2D eigenvalue weighted by atomic mass is 35.5. The number of pyridine rings is 1. The zero-order valence-electron chi connectivity index (χ0n) is 27.1. The van der Waals surface area contributed by atoms with Crippen molar-refractivity contribution >= 4 is 41.0 Å². The number of fused-ring (bicyclic) bond motifs is 3. The largest absolute Gasteiger partial charge is 0.493 e. The van der Waals surface area contributed by atoms with Crippen molar-refractivity contribution in [2.45, 2.75) is 31.4 Å². The molecule has 2 bridgehead atoms. The predicted molar refractivity (Wildman–Crippen MR) is 184 cm³/mol. The molecule has 0 saturated carbocycles. The Bertz CT molecular complexity index is 1800. The molecule has 0 aliphatic carbocycles. The van der Waals surface area contributed by atoms with Crippen molar-refractivity contribution in [1.29, 1.82) is 0 Å². The van der Waals surface area contributed by atoms with E-state index in [0.29, 0.717) is 39.2 Å². The van der Waals surface area contributed by atoms with E-state index in [-0.39, 0.29) is 36.4 Å². The normalized spacial score (nSPS) is 18.8. The Hall–Kier alpha value is -4.38. The number of esters is 1. The van der Waals surface area contributed by atoms with Crippen molar-refractivity contribution < 1.29 is 32.9 Å². The zero-order chi connectivity index (χ0) is 34.5. The van der Waals surface area contributed by atoms with E-state index < -0.39 is 23.8 Å². The standard InChI is InChI=1S/C37H36Cl2FN3O6/c1-46-32-11-10-25(17-33(32)47-2)27(35-28(38)18-41-19-29(35)39)22-48-36(44)26-7-5-6-23(16-26)20-43(31-9-4-3-8-30(31)40)37(45)49-34-21-42-14-12-24(34)13-15-42/h3-11,16-19,24,27,34H,12-15,20-22H2,1-2H3/t27?,34-/m0/s1. The molecule has 0 N–H and O–H groups in total. The molecule has 4 aromatic rings. The van der Waals surface area contributed by atoms with Crippen LogP contribution in [0, 0.1) is 11.7 Å². The number of carbonyl (C=O) groups excluding carboxylic acids is 2. The minimum Gasteiger partial charge on any atom is -0.493 e. The van der Waals surface area contributed by atoms with Crippen molar-refractivity contribution in [1.82, 2.24) is 9.88 Å². The molecular formula is C37H36Cl2FN3O6. The van der Waals surface area contributed by atoms with Crippen LogP contribution in [-0.2, 0) is 16.0 Å². The van der Waals surface area contributed by atoms with Gasteiger partial charge >= 0.3 is 12.1 Å². The van der Waals surface area contributed by atoms with Crippen molar-refractivity contribution in [3.8, 4) is 11.5 Å². The fraction of sp³-hybridized carbons (Fsp3) is 0.324. The van der Waals surface area contributed by atoms with Crippen LogP contribution in [0.1, 0.15) is 45.8 Å². The van der Waals surface area contributed by atoms with E-state index in [4.69, 9.17) is 42.1 Å². The van der Waals surface area contributed by atoms with E-state index in [0.717, 1.165) is 31.5 Å². The number of methoxy groups -OCH3 is 2. The number of anilines is 1. The van der Waals surface area contributed by atoms with Crippen LogP contribution in [0.2, 0.25) is 10.0 Å². The van der Waals surface area contributed by atoms with Crippen molar-refractivity contribution in [2.24, 2.45) is 5.92 Å². The number of benzene rings is 3. The SMILES string of the molecule is COc1ccc(C(COC(=O)c2cccc(CN(C(=O)O[C@H]3CN4CCC3CC4)c3ccccc3F)c2)c2c(Cl)cncc2Cl)cc1OC. The lowest BCUT2D eigenvalue weighted by Crippen LogP contribution is -2.53. The summed E-state index contributed by atoms with van der Waals surface area (Å²) in [7, 11) is 3.07. The minimum absolute atomic E-state index is 0.0293. The number of piperidine rings is 3. The Balaban J connectivity index is 1.22. The van der Waals surface area contributed by atoms with Gasteiger partial charge in [0.25, 0.3) is 0 Å². The maximum Gasteiger partial charge on any atom is 0.415 e. The van der Waals surface area contributed by atoms with E-state index in [1.165, 1.54) is 36.5 Å². The lowest BCUT2D eigenvalue weighted by molar-refractivity contribution is -0.0311. The Kier molecular flexibility index (Phi) is 10.9. The molecule has 1 unspecified atom stereocenters. The molecule has 3 saturated heterocycles. The van der Waals surface area contributed by atoms with Gasteiger partial charge in [0.1, 0.15) is 18.5 Å². The van der Waals surface area contributed by atoms with Crippen LogP contribution in [0.15, 0.2) is 79.1 Å². The molecule has 0 radical (unpaired) electrons.